The van der Waals surface area contributed by atoms with E-state index in [9.17, 15) is 4.79 Å². The fourth-order valence-corrected chi connectivity index (χ4v) is 2.10. The van der Waals surface area contributed by atoms with Crippen LogP contribution in [0.5, 0.6) is 5.75 Å². The van der Waals surface area contributed by atoms with Crippen molar-refractivity contribution in [2.45, 2.75) is 46.6 Å². The number of carbonyl (C=O) groups is 1. The third-order valence-corrected chi connectivity index (χ3v) is 3.27. The number of likely N-dealkylation sites (N-methyl/N-ethyl adjacent to an activating group) is 1. The average Bonchev–Trinajstić information content (AvgIpc) is 2.40. The fraction of sp³-hybridized carbons (Fsp3) is 0.562. The Labute approximate surface area is 116 Å². The fourth-order valence-electron chi connectivity index (χ4n) is 2.10. The maximum Gasteiger partial charge on any atom is 0.263 e. The summed E-state index contributed by atoms with van der Waals surface area (Å²) in [6.45, 7) is 11.5. The molecule has 1 rings (SSSR count). The molecule has 0 N–H and O–H groups in total. The lowest BCUT2D eigenvalue weighted by atomic mass is 10.0. The van der Waals surface area contributed by atoms with Gasteiger partial charge in [-0.1, -0.05) is 32.0 Å². The normalized spacial score (nSPS) is 12.3. The summed E-state index contributed by atoms with van der Waals surface area (Å²) in [7, 11) is 0. The molecule has 1 amide bonds. The SMILES string of the molecule is CCN(CC)C(=O)C(C)Oc1ccccc1C(C)C. The van der Waals surface area contributed by atoms with Crippen LogP contribution >= 0.6 is 0 Å². The largest absolute Gasteiger partial charge is 0.481 e. The standard InChI is InChI=1S/C16H25NO2/c1-6-17(7-2)16(18)13(5)19-15-11-9-8-10-14(15)12(3)4/h8-13H,6-7H2,1-5H3. The Kier molecular flexibility index (Phi) is 5.87. The second-order valence-electron chi connectivity index (χ2n) is 4.96. The number of hydrogen-bond acceptors (Lipinski definition) is 2. The van der Waals surface area contributed by atoms with E-state index in [-0.39, 0.29) is 5.91 Å². The number of hydrogen-bond donors (Lipinski definition) is 0. The summed E-state index contributed by atoms with van der Waals surface area (Å²) in [5, 5.41) is 0. The molecule has 0 saturated heterocycles. The molecule has 19 heavy (non-hydrogen) atoms. The zero-order valence-electron chi connectivity index (χ0n) is 12.6. The number of amides is 1. The Hall–Kier alpha value is -1.51. The van der Waals surface area contributed by atoms with E-state index in [0.717, 1.165) is 24.4 Å². The van der Waals surface area contributed by atoms with Gasteiger partial charge in [-0.2, -0.15) is 0 Å². The minimum Gasteiger partial charge on any atom is -0.481 e. The molecule has 0 spiro atoms. The van der Waals surface area contributed by atoms with Crippen molar-refractivity contribution in [3.8, 4) is 5.75 Å². The molecule has 0 aromatic heterocycles. The van der Waals surface area contributed by atoms with E-state index in [1.165, 1.54) is 0 Å². The molecule has 1 unspecified atom stereocenters. The number of benzene rings is 1. The second-order valence-corrected chi connectivity index (χ2v) is 4.96. The summed E-state index contributed by atoms with van der Waals surface area (Å²) in [4.78, 5) is 14.0. The highest BCUT2D eigenvalue weighted by molar-refractivity contribution is 5.80. The van der Waals surface area contributed by atoms with Gasteiger partial charge in [-0.25, -0.2) is 0 Å². The van der Waals surface area contributed by atoms with Crippen LogP contribution < -0.4 is 4.74 Å². The summed E-state index contributed by atoms with van der Waals surface area (Å²) < 4.78 is 5.86. The molecular weight excluding hydrogens is 238 g/mol. The first-order valence-electron chi connectivity index (χ1n) is 7.05. The van der Waals surface area contributed by atoms with Crippen molar-refractivity contribution in [1.82, 2.24) is 4.90 Å². The molecule has 3 heteroatoms. The summed E-state index contributed by atoms with van der Waals surface area (Å²) in [5.74, 6) is 1.24. The number of rotatable bonds is 6. The highest BCUT2D eigenvalue weighted by Crippen LogP contribution is 2.26. The summed E-state index contributed by atoms with van der Waals surface area (Å²) in [6.07, 6.45) is -0.445. The summed E-state index contributed by atoms with van der Waals surface area (Å²) in [6, 6.07) is 7.92. The van der Waals surface area contributed by atoms with E-state index in [0.29, 0.717) is 5.92 Å². The Balaban J connectivity index is 2.82. The molecule has 1 aromatic rings. The van der Waals surface area contributed by atoms with Crippen LogP contribution in [0.4, 0.5) is 0 Å². The quantitative estimate of drug-likeness (QED) is 0.786. The molecule has 1 atom stereocenters. The minimum absolute atomic E-state index is 0.0450. The molecule has 1 aromatic carbocycles. The van der Waals surface area contributed by atoms with Crippen LogP contribution in [0.3, 0.4) is 0 Å². The van der Waals surface area contributed by atoms with Gasteiger partial charge in [0.15, 0.2) is 6.10 Å². The van der Waals surface area contributed by atoms with Crippen LogP contribution in [-0.2, 0) is 4.79 Å². The number of carbonyl (C=O) groups excluding carboxylic acids is 1. The second kappa shape index (κ2) is 7.17. The Morgan fingerprint density at radius 2 is 1.74 bits per heavy atom. The monoisotopic (exact) mass is 263 g/mol. The molecule has 0 heterocycles. The molecular formula is C16H25NO2. The maximum absolute atomic E-state index is 12.2. The molecule has 0 aliphatic carbocycles. The molecule has 0 aliphatic rings. The van der Waals surface area contributed by atoms with Crippen molar-refractivity contribution >= 4 is 5.91 Å². The van der Waals surface area contributed by atoms with Gasteiger partial charge >= 0.3 is 0 Å². The van der Waals surface area contributed by atoms with Crippen LogP contribution in [0.1, 0.15) is 46.1 Å². The smallest absolute Gasteiger partial charge is 0.263 e. The van der Waals surface area contributed by atoms with Gasteiger partial charge in [0.05, 0.1) is 0 Å². The van der Waals surface area contributed by atoms with Crippen LogP contribution in [0.25, 0.3) is 0 Å². The molecule has 0 fully saturated rings. The Bertz CT molecular complexity index is 411. The van der Waals surface area contributed by atoms with Crippen molar-refractivity contribution in [2.75, 3.05) is 13.1 Å². The van der Waals surface area contributed by atoms with Crippen molar-refractivity contribution in [1.29, 1.82) is 0 Å². The van der Waals surface area contributed by atoms with E-state index >= 15 is 0 Å². The third-order valence-electron chi connectivity index (χ3n) is 3.27. The van der Waals surface area contributed by atoms with Gasteiger partial charge < -0.3 is 9.64 Å². The third kappa shape index (κ3) is 3.98. The zero-order valence-corrected chi connectivity index (χ0v) is 12.6. The molecule has 0 bridgehead atoms. The lowest BCUT2D eigenvalue weighted by Crippen LogP contribution is -2.40. The summed E-state index contributed by atoms with van der Waals surface area (Å²) in [5.41, 5.74) is 1.14. The molecule has 106 valence electrons. The van der Waals surface area contributed by atoms with E-state index in [2.05, 4.69) is 19.9 Å². The molecule has 3 nitrogen and oxygen atoms in total. The van der Waals surface area contributed by atoms with Gasteiger partial charge in [0, 0.05) is 13.1 Å². The zero-order chi connectivity index (χ0) is 14.4. The molecule has 0 saturated carbocycles. The van der Waals surface area contributed by atoms with Crippen molar-refractivity contribution in [2.24, 2.45) is 0 Å². The topological polar surface area (TPSA) is 29.5 Å². The number of para-hydroxylation sites is 1. The van der Waals surface area contributed by atoms with Crippen molar-refractivity contribution in [3.05, 3.63) is 29.8 Å². The van der Waals surface area contributed by atoms with Crippen LogP contribution in [0.2, 0.25) is 0 Å². The highest BCUT2D eigenvalue weighted by atomic mass is 16.5. The Morgan fingerprint density at radius 3 is 2.26 bits per heavy atom. The maximum atomic E-state index is 12.2. The van der Waals surface area contributed by atoms with E-state index in [1.54, 1.807) is 4.90 Å². The lowest BCUT2D eigenvalue weighted by molar-refractivity contribution is -0.137. The Morgan fingerprint density at radius 1 is 1.16 bits per heavy atom. The van der Waals surface area contributed by atoms with E-state index in [1.807, 2.05) is 39.0 Å². The highest BCUT2D eigenvalue weighted by Gasteiger charge is 2.21. The van der Waals surface area contributed by atoms with Gasteiger partial charge in [-0.05, 0) is 38.3 Å². The number of ether oxygens (including phenoxy) is 1. The van der Waals surface area contributed by atoms with Gasteiger partial charge in [0.25, 0.3) is 5.91 Å². The molecule has 0 radical (unpaired) electrons. The van der Waals surface area contributed by atoms with Gasteiger partial charge in [-0.3, -0.25) is 4.79 Å². The van der Waals surface area contributed by atoms with Crippen LogP contribution in [0, 0.1) is 0 Å². The summed E-state index contributed by atoms with van der Waals surface area (Å²) >= 11 is 0. The van der Waals surface area contributed by atoms with Crippen LogP contribution in [-0.4, -0.2) is 30.0 Å². The van der Waals surface area contributed by atoms with Gasteiger partial charge in [0.2, 0.25) is 0 Å². The minimum atomic E-state index is -0.445. The number of nitrogens with zero attached hydrogens (tertiary/aromatic N) is 1. The first-order valence-corrected chi connectivity index (χ1v) is 7.05. The first-order chi connectivity index (χ1) is 9.01. The van der Waals surface area contributed by atoms with Crippen LogP contribution in [0.15, 0.2) is 24.3 Å². The van der Waals surface area contributed by atoms with Gasteiger partial charge in [-0.15, -0.1) is 0 Å². The molecule has 0 aliphatic heterocycles. The van der Waals surface area contributed by atoms with Crippen molar-refractivity contribution < 1.29 is 9.53 Å². The average molecular weight is 263 g/mol. The van der Waals surface area contributed by atoms with Crippen molar-refractivity contribution in [3.63, 3.8) is 0 Å². The van der Waals surface area contributed by atoms with E-state index < -0.39 is 6.10 Å². The predicted octanol–water partition coefficient (Wildman–Crippen LogP) is 3.45. The van der Waals surface area contributed by atoms with E-state index in [4.69, 9.17) is 4.74 Å². The van der Waals surface area contributed by atoms with Gasteiger partial charge in [0.1, 0.15) is 5.75 Å². The first kappa shape index (κ1) is 15.5. The lowest BCUT2D eigenvalue weighted by Gasteiger charge is -2.24. The predicted molar refractivity (Wildman–Crippen MR) is 78.5 cm³/mol.